The van der Waals surface area contributed by atoms with Crippen molar-refractivity contribution < 1.29 is 14.4 Å². The number of ketones is 1. The molecule has 140 valence electrons. The van der Waals surface area contributed by atoms with Gasteiger partial charge in [-0.2, -0.15) is 0 Å². The van der Waals surface area contributed by atoms with E-state index in [1.165, 1.54) is 11.1 Å². The highest BCUT2D eigenvalue weighted by atomic mass is 35.5. The Hall–Kier alpha value is -2.25. The molecular formula is C17H20Cl2N4O3. The van der Waals surface area contributed by atoms with Gasteiger partial charge < -0.3 is 20.4 Å². The molecule has 1 heterocycles. The van der Waals surface area contributed by atoms with E-state index in [4.69, 9.17) is 23.2 Å². The molecule has 26 heavy (non-hydrogen) atoms. The van der Waals surface area contributed by atoms with Gasteiger partial charge in [-0.05, 0) is 26.0 Å². The summed E-state index contributed by atoms with van der Waals surface area (Å²) in [5.74, 6) is -0.759. The van der Waals surface area contributed by atoms with Crippen molar-refractivity contribution in [3.8, 4) is 0 Å². The number of benzene rings is 1. The van der Waals surface area contributed by atoms with E-state index in [0.29, 0.717) is 23.8 Å². The van der Waals surface area contributed by atoms with Crippen molar-refractivity contribution >= 4 is 46.6 Å². The summed E-state index contributed by atoms with van der Waals surface area (Å²) in [7, 11) is 1.62. The predicted octanol–water partition coefficient (Wildman–Crippen LogP) is 2.71. The predicted molar refractivity (Wildman–Crippen MR) is 101 cm³/mol. The monoisotopic (exact) mass is 398 g/mol. The van der Waals surface area contributed by atoms with Crippen molar-refractivity contribution in [2.24, 2.45) is 0 Å². The third-order valence-corrected chi connectivity index (χ3v) is 4.83. The Kier molecular flexibility index (Phi) is 6.50. The van der Waals surface area contributed by atoms with E-state index >= 15 is 0 Å². The number of nitrogens with one attached hydrogen (secondary N) is 2. The van der Waals surface area contributed by atoms with Gasteiger partial charge in [0.15, 0.2) is 6.04 Å². The molecule has 1 aliphatic heterocycles. The molecule has 1 atom stereocenters. The molecule has 0 spiro atoms. The SMILES string of the molecule is CCN(CC)C(=O)C1C(=O)C(NC(=O)Nc2cccc(Cl)c2Cl)=CN1C. The van der Waals surface area contributed by atoms with Gasteiger partial charge in [0.25, 0.3) is 5.91 Å². The second kappa shape index (κ2) is 8.42. The molecule has 0 aliphatic carbocycles. The van der Waals surface area contributed by atoms with E-state index < -0.39 is 17.9 Å². The molecule has 0 fully saturated rings. The van der Waals surface area contributed by atoms with Crippen LogP contribution < -0.4 is 10.6 Å². The summed E-state index contributed by atoms with van der Waals surface area (Å²) in [6.45, 7) is 4.69. The zero-order chi connectivity index (χ0) is 19.4. The van der Waals surface area contributed by atoms with Crippen molar-refractivity contribution in [3.63, 3.8) is 0 Å². The smallest absolute Gasteiger partial charge is 0.323 e. The minimum atomic E-state index is -0.972. The van der Waals surface area contributed by atoms with Crippen LogP contribution in [0.5, 0.6) is 0 Å². The summed E-state index contributed by atoms with van der Waals surface area (Å²) in [5.41, 5.74) is 0.348. The fraction of sp³-hybridized carbons (Fsp3) is 0.353. The number of carbonyl (C=O) groups excluding carboxylic acids is 3. The minimum Gasteiger partial charge on any atom is -0.360 e. The van der Waals surface area contributed by atoms with Gasteiger partial charge in [-0.1, -0.05) is 29.3 Å². The lowest BCUT2D eigenvalue weighted by atomic mass is 10.1. The van der Waals surface area contributed by atoms with Crippen molar-refractivity contribution in [2.45, 2.75) is 19.9 Å². The van der Waals surface area contributed by atoms with Crippen molar-refractivity contribution in [3.05, 3.63) is 40.1 Å². The minimum absolute atomic E-state index is 0.0358. The van der Waals surface area contributed by atoms with Gasteiger partial charge >= 0.3 is 6.03 Å². The van der Waals surface area contributed by atoms with Crippen LogP contribution in [0.2, 0.25) is 10.0 Å². The molecule has 9 heteroatoms. The Morgan fingerprint density at radius 2 is 1.85 bits per heavy atom. The molecule has 2 N–H and O–H groups in total. The number of hydrogen-bond acceptors (Lipinski definition) is 4. The Balaban J connectivity index is 2.07. The highest BCUT2D eigenvalue weighted by molar-refractivity contribution is 6.44. The lowest BCUT2D eigenvalue weighted by molar-refractivity contribution is -0.139. The molecule has 3 amide bonds. The first-order chi connectivity index (χ1) is 12.3. The summed E-state index contributed by atoms with van der Waals surface area (Å²) in [6, 6.07) is 3.18. The first-order valence-corrected chi connectivity index (χ1v) is 8.84. The molecule has 1 unspecified atom stereocenters. The van der Waals surface area contributed by atoms with Gasteiger partial charge in [0.05, 0.1) is 15.7 Å². The molecule has 1 aliphatic rings. The van der Waals surface area contributed by atoms with Gasteiger partial charge in [0.1, 0.15) is 5.70 Å². The van der Waals surface area contributed by atoms with Gasteiger partial charge in [-0.3, -0.25) is 9.59 Å². The average molecular weight is 399 g/mol. The average Bonchev–Trinajstić information content (AvgIpc) is 2.86. The molecular weight excluding hydrogens is 379 g/mol. The van der Waals surface area contributed by atoms with Crippen molar-refractivity contribution in [1.82, 2.24) is 15.1 Å². The molecule has 0 radical (unpaired) electrons. The van der Waals surface area contributed by atoms with Crippen LogP contribution in [0, 0.1) is 0 Å². The first-order valence-electron chi connectivity index (χ1n) is 8.08. The van der Waals surface area contributed by atoms with E-state index in [0.717, 1.165) is 0 Å². The molecule has 2 rings (SSSR count). The lowest BCUT2D eigenvalue weighted by Gasteiger charge is -2.26. The number of anilines is 1. The number of rotatable bonds is 5. The number of amides is 3. The van der Waals surface area contributed by atoms with E-state index in [2.05, 4.69) is 10.6 Å². The fourth-order valence-corrected chi connectivity index (χ4v) is 2.99. The van der Waals surface area contributed by atoms with E-state index in [1.54, 1.807) is 30.1 Å². The summed E-state index contributed by atoms with van der Waals surface area (Å²) in [4.78, 5) is 40.3. The van der Waals surface area contributed by atoms with Crippen LogP contribution in [-0.2, 0) is 9.59 Å². The van der Waals surface area contributed by atoms with Gasteiger partial charge in [0, 0.05) is 26.3 Å². The summed E-state index contributed by atoms with van der Waals surface area (Å²) in [6.07, 6.45) is 1.44. The van der Waals surface area contributed by atoms with Crippen LogP contribution in [0.15, 0.2) is 30.1 Å². The van der Waals surface area contributed by atoms with Crippen LogP contribution in [0.1, 0.15) is 13.8 Å². The fourth-order valence-electron chi connectivity index (χ4n) is 2.64. The normalized spacial score (nSPS) is 16.3. The van der Waals surface area contributed by atoms with Crippen molar-refractivity contribution in [2.75, 3.05) is 25.5 Å². The highest BCUT2D eigenvalue weighted by Crippen LogP contribution is 2.29. The van der Waals surface area contributed by atoms with Crippen molar-refractivity contribution in [1.29, 1.82) is 0 Å². The molecule has 1 aromatic carbocycles. The van der Waals surface area contributed by atoms with E-state index in [1.807, 2.05) is 13.8 Å². The topological polar surface area (TPSA) is 81.8 Å². The molecule has 0 saturated heterocycles. The number of Topliss-reactive ketones (excluding diaryl/α,β-unsaturated/α-hetero) is 1. The zero-order valence-corrected chi connectivity index (χ0v) is 16.2. The second-order valence-corrected chi connectivity index (χ2v) is 6.45. The molecule has 1 aromatic rings. The maximum atomic E-state index is 12.6. The van der Waals surface area contributed by atoms with E-state index in [9.17, 15) is 14.4 Å². The lowest BCUT2D eigenvalue weighted by Crippen LogP contribution is -2.48. The number of carbonyl (C=O) groups is 3. The van der Waals surface area contributed by atoms with Crippen LogP contribution in [0.3, 0.4) is 0 Å². The van der Waals surface area contributed by atoms with Gasteiger partial charge in [-0.25, -0.2) is 4.79 Å². The number of nitrogens with zero attached hydrogens (tertiary/aromatic N) is 2. The summed E-state index contributed by atoms with van der Waals surface area (Å²) in [5, 5.41) is 5.48. The van der Waals surface area contributed by atoms with Crippen LogP contribution in [-0.4, -0.2) is 53.7 Å². The largest absolute Gasteiger partial charge is 0.360 e. The number of urea groups is 1. The Morgan fingerprint density at radius 1 is 1.19 bits per heavy atom. The zero-order valence-electron chi connectivity index (χ0n) is 14.7. The Morgan fingerprint density at radius 3 is 2.46 bits per heavy atom. The highest BCUT2D eigenvalue weighted by Gasteiger charge is 2.39. The number of hydrogen-bond donors (Lipinski definition) is 2. The second-order valence-electron chi connectivity index (χ2n) is 5.67. The Bertz CT molecular complexity index is 762. The third-order valence-electron chi connectivity index (χ3n) is 4.01. The molecule has 0 saturated carbocycles. The maximum absolute atomic E-state index is 12.6. The van der Waals surface area contributed by atoms with Crippen LogP contribution in [0.25, 0.3) is 0 Å². The maximum Gasteiger partial charge on any atom is 0.323 e. The third kappa shape index (κ3) is 4.11. The number of likely N-dealkylation sites (N-methyl/N-ethyl adjacent to an activating group) is 2. The quantitative estimate of drug-likeness (QED) is 0.746. The van der Waals surface area contributed by atoms with Gasteiger partial charge in [-0.15, -0.1) is 0 Å². The van der Waals surface area contributed by atoms with Gasteiger partial charge in [0.2, 0.25) is 5.78 Å². The molecule has 0 bridgehead atoms. The Labute approximate surface area is 161 Å². The molecule has 0 aromatic heterocycles. The first kappa shape index (κ1) is 20.1. The number of halogens is 2. The van der Waals surface area contributed by atoms with Crippen LogP contribution >= 0.6 is 23.2 Å². The summed E-state index contributed by atoms with van der Waals surface area (Å²) < 4.78 is 0. The van der Waals surface area contributed by atoms with Crippen LogP contribution in [0.4, 0.5) is 10.5 Å². The standard InChI is InChI=1S/C17H20Cl2N4O3/c1-4-23(5-2)16(25)14-15(24)12(9-22(14)3)21-17(26)20-11-8-6-7-10(18)13(11)19/h6-9,14H,4-5H2,1-3H3,(H2,20,21,26). The summed E-state index contributed by atoms with van der Waals surface area (Å²) >= 11 is 11.9. The molecule has 7 nitrogen and oxygen atoms in total. The van der Waals surface area contributed by atoms with E-state index in [-0.39, 0.29) is 16.6 Å².